The SMILES string of the molecule is C1=CC(c2nc(-c3cccc(-c4ccccc4)c3)nc(-c3cccc([Si](c4ccccc4)(c4ccccc4)c4ccccc4)c3)n2)C2Oc3c(cccc3-c3ccccc3)C2=C1. The van der Waals surface area contributed by atoms with Crippen LogP contribution in [0.25, 0.3) is 50.6 Å². The molecule has 2 aliphatic rings. The molecule has 0 bridgehead atoms. The van der Waals surface area contributed by atoms with E-state index in [1.807, 2.05) is 12.1 Å². The van der Waals surface area contributed by atoms with Gasteiger partial charge in [-0.25, -0.2) is 15.0 Å². The summed E-state index contributed by atoms with van der Waals surface area (Å²) in [4.78, 5) is 16.1. The average molecular weight is 812 g/mol. The number of benzene rings is 8. The van der Waals surface area contributed by atoms with E-state index < -0.39 is 8.07 Å². The number of allylic oxidation sites excluding steroid dienone is 2. The molecule has 5 heteroatoms. The minimum Gasteiger partial charge on any atom is -0.483 e. The second-order valence-corrected chi connectivity index (χ2v) is 19.6. The Labute approximate surface area is 363 Å². The van der Waals surface area contributed by atoms with E-state index >= 15 is 0 Å². The van der Waals surface area contributed by atoms with Crippen molar-refractivity contribution in [1.82, 2.24) is 15.0 Å². The molecule has 9 aromatic rings. The molecule has 294 valence electrons. The van der Waals surface area contributed by atoms with Crippen molar-refractivity contribution in [2.45, 2.75) is 12.0 Å². The van der Waals surface area contributed by atoms with Crippen LogP contribution in [0.2, 0.25) is 0 Å². The molecule has 62 heavy (non-hydrogen) atoms. The fraction of sp³-hybridized carbons (Fsp3) is 0.0351. The summed E-state index contributed by atoms with van der Waals surface area (Å²) in [7, 11) is -2.83. The molecular weight excluding hydrogens is 771 g/mol. The van der Waals surface area contributed by atoms with Crippen molar-refractivity contribution in [3.8, 4) is 50.8 Å². The maximum atomic E-state index is 7.03. The van der Waals surface area contributed by atoms with Gasteiger partial charge in [-0.15, -0.1) is 0 Å². The maximum absolute atomic E-state index is 7.03. The zero-order chi connectivity index (χ0) is 41.3. The lowest BCUT2D eigenvalue weighted by atomic mass is 9.87. The molecule has 4 nitrogen and oxygen atoms in total. The summed E-state index contributed by atoms with van der Waals surface area (Å²) in [5, 5.41) is 5.18. The molecule has 0 N–H and O–H groups in total. The standard InChI is InChI=1S/C57H41N3OSi/c1-6-20-40(21-7-1)42-24-16-25-43(38-42)55-58-56(60-57(59-55)52-37-19-36-51-50-35-18-34-49(53(50)61-54(51)52)41-22-8-2-9-23-41)44-26-17-33-48(39-44)62(45-27-10-3-11-28-45,46-29-12-4-13-30-46)47-31-14-5-15-32-47/h1-39,52,54H. The molecule has 2 atom stereocenters. The largest absolute Gasteiger partial charge is 0.483 e. The van der Waals surface area contributed by atoms with Crippen molar-refractivity contribution in [1.29, 1.82) is 0 Å². The van der Waals surface area contributed by atoms with E-state index in [0.717, 1.165) is 50.3 Å². The van der Waals surface area contributed by atoms with E-state index in [4.69, 9.17) is 19.7 Å². The normalized spacial score (nSPS) is 15.3. The molecule has 2 unspecified atom stereocenters. The number of fused-ring (bicyclic) bond motifs is 3. The number of rotatable bonds is 9. The second kappa shape index (κ2) is 16.0. The lowest BCUT2D eigenvalue weighted by Crippen LogP contribution is -2.74. The van der Waals surface area contributed by atoms with E-state index in [0.29, 0.717) is 17.5 Å². The van der Waals surface area contributed by atoms with Crippen LogP contribution in [0.4, 0.5) is 0 Å². The Kier molecular flexibility index (Phi) is 9.64. The highest BCUT2D eigenvalue weighted by molar-refractivity contribution is 7.19. The zero-order valence-corrected chi connectivity index (χ0v) is 34.9. The third kappa shape index (κ3) is 6.60. The number of hydrogen-bond acceptors (Lipinski definition) is 4. The van der Waals surface area contributed by atoms with Crippen molar-refractivity contribution in [2.24, 2.45) is 0 Å². The molecule has 1 aliphatic heterocycles. The predicted octanol–water partition coefficient (Wildman–Crippen LogP) is 10.4. The van der Waals surface area contributed by atoms with Gasteiger partial charge in [0.05, 0.1) is 5.92 Å². The molecule has 2 heterocycles. The first kappa shape index (κ1) is 37.3. The van der Waals surface area contributed by atoms with E-state index in [-0.39, 0.29) is 12.0 Å². The smallest absolute Gasteiger partial charge is 0.179 e. The van der Waals surface area contributed by atoms with Crippen molar-refractivity contribution >= 4 is 34.4 Å². The Morgan fingerprint density at radius 2 is 0.855 bits per heavy atom. The van der Waals surface area contributed by atoms with Crippen molar-refractivity contribution in [3.05, 3.63) is 248 Å². The van der Waals surface area contributed by atoms with Crippen LogP contribution >= 0.6 is 0 Å². The van der Waals surface area contributed by atoms with Gasteiger partial charge in [0.2, 0.25) is 0 Å². The Bertz CT molecular complexity index is 3000. The van der Waals surface area contributed by atoms with Crippen molar-refractivity contribution in [2.75, 3.05) is 0 Å². The molecule has 8 aromatic carbocycles. The summed E-state index contributed by atoms with van der Waals surface area (Å²) in [5.41, 5.74) is 8.53. The second-order valence-electron chi connectivity index (χ2n) is 15.8. The van der Waals surface area contributed by atoms with Gasteiger partial charge in [0.25, 0.3) is 0 Å². The summed E-state index contributed by atoms with van der Waals surface area (Å²) >= 11 is 0. The lowest BCUT2D eigenvalue weighted by Gasteiger charge is -2.34. The Hall–Kier alpha value is -7.73. The fourth-order valence-electron chi connectivity index (χ4n) is 9.36. The summed E-state index contributed by atoms with van der Waals surface area (Å²) in [6.07, 6.45) is 6.18. The maximum Gasteiger partial charge on any atom is 0.179 e. The van der Waals surface area contributed by atoms with Crippen LogP contribution in [0.15, 0.2) is 237 Å². The molecule has 0 radical (unpaired) electrons. The fourth-order valence-corrected chi connectivity index (χ4v) is 14.2. The number of para-hydroxylation sites is 1. The predicted molar refractivity (Wildman–Crippen MR) is 256 cm³/mol. The first-order valence-electron chi connectivity index (χ1n) is 21.2. The first-order chi connectivity index (χ1) is 30.7. The number of aromatic nitrogens is 3. The van der Waals surface area contributed by atoms with Gasteiger partial charge < -0.3 is 4.74 Å². The number of nitrogens with zero attached hydrogens (tertiary/aromatic N) is 3. The summed E-state index contributed by atoms with van der Waals surface area (Å²) in [5.74, 6) is 2.54. The monoisotopic (exact) mass is 811 g/mol. The van der Waals surface area contributed by atoms with E-state index in [1.54, 1.807) is 0 Å². The molecule has 0 spiro atoms. The molecular formula is C57H41N3OSi. The molecule has 0 saturated carbocycles. The van der Waals surface area contributed by atoms with E-state index in [1.165, 1.54) is 20.7 Å². The quantitative estimate of drug-likeness (QED) is 0.108. The zero-order valence-electron chi connectivity index (χ0n) is 33.9. The first-order valence-corrected chi connectivity index (χ1v) is 23.2. The topological polar surface area (TPSA) is 47.9 Å². The van der Waals surface area contributed by atoms with Gasteiger partial charge in [-0.2, -0.15) is 0 Å². The van der Waals surface area contributed by atoms with Gasteiger partial charge in [-0.05, 0) is 43.5 Å². The van der Waals surface area contributed by atoms with Crippen molar-refractivity contribution < 1.29 is 4.74 Å². The van der Waals surface area contributed by atoms with Crippen LogP contribution in [-0.4, -0.2) is 29.1 Å². The van der Waals surface area contributed by atoms with Gasteiger partial charge in [0, 0.05) is 27.8 Å². The Morgan fingerprint density at radius 3 is 1.47 bits per heavy atom. The third-order valence-corrected chi connectivity index (χ3v) is 17.0. The van der Waals surface area contributed by atoms with Gasteiger partial charge in [0.1, 0.15) is 17.7 Å². The van der Waals surface area contributed by atoms with Crippen LogP contribution < -0.4 is 25.5 Å². The van der Waals surface area contributed by atoms with Crippen LogP contribution in [0.1, 0.15) is 17.3 Å². The Balaban J connectivity index is 1.09. The lowest BCUT2D eigenvalue weighted by molar-refractivity contribution is 0.255. The number of hydrogen-bond donors (Lipinski definition) is 0. The van der Waals surface area contributed by atoms with Gasteiger partial charge in [0.15, 0.2) is 19.7 Å². The molecule has 0 amide bonds. The van der Waals surface area contributed by atoms with E-state index in [2.05, 4.69) is 224 Å². The summed E-state index contributed by atoms with van der Waals surface area (Å²) in [6.45, 7) is 0. The molecule has 1 aromatic heterocycles. The van der Waals surface area contributed by atoms with Crippen LogP contribution in [-0.2, 0) is 0 Å². The van der Waals surface area contributed by atoms with E-state index in [9.17, 15) is 0 Å². The molecule has 0 saturated heterocycles. The molecule has 11 rings (SSSR count). The highest BCUT2D eigenvalue weighted by Crippen LogP contribution is 2.49. The minimum absolute atomic E-state index is 0.265. The number of ether oxygens (including phenoxy) is 1. The average Bonchev–Trinajstić information content (AvgIpc) is 3.75. The van der Waals surface area contributed by atoms with Gasteiger partial charge >= 0.3 is 0 Å². The molecule has 0 fully saturated rings. The summed E-state index contributed by atoms with van der Waals surface area (Å²) in [6, 6.07) is 77.8. The Morgan fingerprint density at radius 1 is 0.387 bits per heavy atom. The van der Waals surface area contributed by atoms with Gasteiger partial charge in [-0.3, -0.25) is 0 Å². The molecule has 1 aliphatic carbocycles. The van der Waals surface area contributed by atoms with Crippen LogP contribution in [0.3, 0.4) is 0 Å². The highest BCUT2D eigenvalue weighted by Gasteiger charge is 2.42. The van der Waals surface area contributed by atoms with Crippen LogP contribution in [0.5, 0.6) is 5.75 Å². The van der Waals surface area contributed by atoms with Crippen molar-refractivity contribution in [3.63, 3.8) is 0 Å². The van der Waals surface area contributed by atoms with Gasteiger partial charge in [-0.1, -0.05) is 231 Å². The minimum atomic E-state index is -2.83. The summed E-state index contributed by atoms with van der Waals surface area (Å²) < 4.78 is 7.03. The highest BCUT2D eigenvalue weighted by atomic mass is 28.3. The van der Waals surface area contributed by atoms with Crippen LogP contribution in [0, 0.1) is 0 Å². The third-order valence-electron chi connectivity index (χ3n) is 12.2.